The van der Waals surface area contributed by atoms with Crippen molar-refractivity contribution >= 4 is 39.0 Å². The zero-order chi connectivity index (χ0) is 27.9. The third kappa shape index (κ3) is 5.64. The standard InChI is InChI=1S/C27H27F3N4O4S/c1-26(2,37)18-5-3-16(21(11-18)27(28,29)30)10-20(15-4-6-22-17(9-15)12-31-33-22)23-24(36)32-25(39-23)34-7-8-38-19(13-34)14-35/h3-6,9-12,19,35-37H,7-8,13-14H2,1-2H3,(H,31,33). The highest BCUT2D eigenvalue weighted by Crippen LogP contribution is 2.43. The average molecular weight is 561 g/mol. The van der Waals surface area contributed by atoms with Crippen LogP contribution in [-0.2, 0) is 16.5 Å². The smallest absolute Gasteiger partial charge is 0.416 e. The number of fused-ring (bicyclic) bond motifs is 1. The summed E-state index contributed by atoms with van der Waals surface area (Å²) < 4.78 is 48.1. The highest BCUT2D eigenvalue weighted by atomic mass is 32.1. The predicted molar refractivity (Wildman–Crippen MR) is 143 cm³/mol. The molecule has 8 nitrogen and oxygen atoms in total. The SMILES string of the molecule is CC(C)(O)c1ccc(C=C(c2ccc3[nH]ncc3c2)c2sc(N3CCOC(CO)C3)nc2O)c(C(F)(F)F)c1. The van der Waals surface area contributed by atoms with Gasteiger partial charge in [0.15, 0.2) is 5.13 Å². The van der Waals surface area contributed by atoms with E-state index in [1.54, 1.807) is 24.4 Å². The van der Waals surface area contributed by atoms with Crippen LogP contribution in [0.3, 0.4) is 0 Å². The van der Waals surface area contributed by atoms with Crippen molar-refractivity contribution < 1.29 is 33.2 Å². The molecule has 5 rings (SSSR count). The summed E-state index contributed by atoms with van der Waals surface area (Å²) in [4.78, 5) is 6.47. The van der Waals surface area contributed by atoms with Gasteiger partial charge < -0.3 is 25.0 Å². The number of aromatic hydroxyl groups is 1. The molecule has 4 aromatic rings. The molecule has 1 atom stereocenters. The van der Waals surface area contributed by atoms with E-state index in [4.69, 9.17) is 4.74 Å². The Bertz CT molecular complexity index is 1520. The number of halogens is 3. The molecular weight excluding hydrogens is 533 g/mol. The van der Waals surface area contributed by atoms with Crippen molar-refractivity contribution in [2.45, 2.75) is 31.7 Å². The van der Waals surface area contributed by atoms with E-state index < -0.39 is 23.4 Å². The highest BCUT2D eigenvalue weighted by molar-refractivity contribution is 7.17. The number of hydrogen-bond acceptors (Lipinski definition) is 8. The van der Waals surface area contributed by atoms with Gasteiger partial charge in [0.2, 0.25) is 5.88 Å². The van der Waals surface area contributed by atoms with Gasteiger partial charge in [-0.2, -0.15) is 23.3 Å². The number of benzene rings is 2. The number of ether oxygens (including phenoxy) is 1. The number of aliphatic hydroxyl groups excluding tert-OH is 1. The van der Waals surface area contributed by atoms with Gasteiger partial charge in [0.05, 0.1) is 42.2 Å². The second-order valence-corrected chi connectivity index (χ2v) is 10.8. The second-order valence-electron chi connectivity index (χ2n) is 9.86. The quantitative estimate of drug-likeness (QED) is 0.252. The van der Waals surface area contributed by atoms with E-state index in [9.17, 15) is 28.5 Å². The maximum absolute atomic E-state index is 14.2. The van der Waals surface area contributed by atoms with Gasteiger partial charge in [0.25, 0.3) is 0 Å². The zero-order valence-corrected chi connectivity index (χ0v) is 22.0. The summed E-state index contributed by atoms with van der Waals surface area (Å²) in [7, 11) is 0. The van der Waals surface area contributed by atoms with Crippen LogP contribution < -0.4 is 4.90 Å². The number of nitrogens with zero attached hydrogens (tertiary/aromatic N) is 3. The summed E-state index contributed by atoms with van der Waals surface area (Å²) in [5, 5.41) is 38.8. The van der Waals surface area contributed by atoms with Crippen LogP contribution in [0.1, 0.15) is 41.0 Å². The molecule has 1 aliphatic heterocycles. The number of H-pyrrole nitrogens is 1. The molecule has 2 aromatic carbocycles. The topological polar surface area (TPSA) is 115 Å². The molecule has 0 amide bonds. The molecule has 12 heteroatoms. The minimum Gasteiger partial charge on any atom is -0.492 e. The first-order chi connectivity index (χ1) is 18.4. The van der Waals surface area contributed by atoms with Crippen LogP contribution in [0.2, 0.25) is 0 Å². The first-order valence-corrected chi connectivity index (χ1v) is 13.0. The summed E-state index contributed by atoms with van der Waals surface area (Å²) in [6, 6.07) is 9.00. The summed E-state index contributed by atoms with van der Waals surface area (Å²) in [6.45, 7) is 3.89. The molecule has 4 N–H and O–H groups in total. The van der Waals surface area contributed by atoms with E-state index in [2.05, 4.69) is 15.2 Å². The van der Waals surface area contributed by atoms with Gasteiger partial charge in [0, 0.05) is 24.0 Å². The molecule has 0 saturated carbocycles. The van der Waals surface area contributed by atoms with Crippen LogP contribution in [0, 0.1) is 0 Å². The van der Waals surface area contributed by atoms with Crippen molar-refractivity contribution in [2.75, 3.05) is 31.2 Å². The molecule has 0 aliphatic carbocycles. The number of rotatable bonds is 6. The zero-order valence-electron chi connectivity index (χ0n) is 21.2. The average Bonchev–Trinajstić information content (AvgIpc) is 3.52. The fourth-order valence-corrected chi connectivity index (χ4v) is 5.50. The van der Waals surface area contributed by atoms with Crippen molar-refractivity contribution in [2.24, 2.45) is 0 Å². The molecule has 1 aliphatic rings. The van der Waals surface area contributed by atoms with Crippen LogP contribution >= 0.6 is 11.3 Å². The van der Waals surface area contributed by atoms with Crippen LogP contribution in [0.25, 0.3) is 22.6 Å². The Morgan fingerprint density at radius 1 is 1.23 bits per heavy atom. The lowest BCUT2D eigenvalue weighted by Crippen LogP contribution is -2.44. The van der Waals surface area contributed by atoms with Crippen LogP contribution in [0.15, 0.2) is 42.6 Å². The largest absolute Gasteiger partial charge is 0.492 e. The van der Waals surface area contributed by atoms with E-state index in [1.807, 2.05) is 4.90 Å². The Morgan fingerprint density at radius 2 is 2.03 bits per heavy atom. The second kappa shape index (κ2) is 10.3. The first kappa shape index (κ1) is 27.1. The molecular formula is C27H27F3N4O4S. The normalized spacial score (nSPS) is 17.3. The number of aromatic nitrogens is 3. The molecule has 2 aromatic heterocycles. The molecule has 206 valence electrons. The number of aliphatic hydroxyl groups is 2. The Kier molecular flexibility index (Phi) is 7.14. The maximum atomic E-state index is 14.2. The summed E-state index contributed by atoms with van der Waals surface area (Å²) >= 11 is 1.14. The van der Waals surface area contributed by atoms with Gasteiger partial charge in [-0.05, 0) is 54.8 Å². The van der Waals surface area contributed by atoms with Crippen molar-refractivity contribution in [1.82, 2.24) is 15.2 Å². The lowest BCUT2D eigenvalue weighted by atomic mass is 9.92. The number of hydrogen-bond donors (Lipinski definition) is 4. The molecule has 0 spiro atoms. The Morgan fingerprint density at radius 3 is 2.74 bits per heavy atom. The number of anilines is 1. The number of morpholine rings is 1. The van der Waals surface area contributed by atoms with Crippen molar-refractivity contribution in [3.05, 3.63) is 69.7 Å². The van der Waals surface area contributed by atoms with Gasteiger partial charge in [-0.15, -0.1) is 0 Å². The van der Waals surface area contributed by atoms with Gasteiger partial charge in [-0.25, -0.2) is 0 Å². The summed E-state index contributed by atoms with van der Waals surface area (Å²) in [5.41, 5.74) is -0.723. The van der Waals surface area contributed by atoms with Gasteiger partial charge in [-0.3, -0.25) is 5.10 Å². The molecule has 39 heavy (non-hydrogen) atoms. The van der Waals surface area contributed by atoms with Gasteiger partial charge in [-0.1, -0.05) is 29.5 Å². The molecule has 0 radical (unpaired) electrons. The molecule has 1 saturated heterocycles. The molecule has 0 bridgehead atoms. The van der Waals surface area contributed by atoms with E-state index in [1.165, 1.54) is 32.1 Å². The van der Waals surface area contributed by atoms with Crippen molar-refractivity contribution in [3.63, 3.8) is 0 Å². The van der Waals surface area contributed by atoms with Gasteiger partial charge >= 0.3 is 6.18 Å². The number of alkyl halides is 3. The van der Waals surface area contributed by atoms with E-state index in [-0.39, 0.29) is 23.6 Å². The predicted octanol–water partition coefficient (Wildman–Crippen LogP) is 4.76. The Hall–Kier alpha value is -3.45. The monoisotopic (exact) mass is 560 g/mol. The van der Waals surface area contributed by atoms with E-state index in [0.29, 0.717) is 40.8 Å². The van der Waals surface area contributed by atoms with Crippen molar-refractivity contribution in [1.29, 1.82) is 0 Å². The summed E-state index contributed by atoms with van der Waals surface area (Å²) in [5.74, 6) is -0.317. The van der Waals surface area contributed by atoms with Gasteiger partial charge in [0.1, 0.15) is 4.88 Å². The maximum Gasteiger partial charge on any atom is 0.416 e. The molecule has 1 fully saturated rings. The fourth-order valence-electron chi connectivity index (χ4n) is 4.47. The third-order valence-corrected chi connectivity index (χ3v) is 7.71. The third-order valence-electron chi connectivity index (χ3n) is 6.57. The Balaban J connectivity index is 1.67. The van der Waals surface area contributed by atoms with Crippen LogP contribution in [0.5, 0.6) is 5.88 Å². The van der Waals surface area contributed by atoms with Crippen LogP contribution in [-0.4, -0.2) is 62.9 Å². The lowest BCUT2D eigenvalue weighted by molar-refractivity contribution is -0.137. The summed E-state index contributed by atoms with van der Waals surface area (Å²) in [6.07, 6.45) is -2.11. The highest BCUT2D eigenvalue weighted by Gasteiger charge is 2.35. The fraction of sp³-hybridized carbons (Fsp3) is 0.333. The minimum atomic E-state index is -4.69. The van der Waals surface area contributed by atoms with E-state index in [0.717, 1.165) is 28.3 Å². The number of thiazole rings is 1. The Labute approximate surface area is 226 Å². The molecule has 3 heterocycles. The first-order valence-electron chi connectivity index (χ1n) is 12.2. The van der Waals surface area contributed by atoms with Crippen molar-refractivity contribution in [3.8, 4) is 5.88 Å². The number of aromatic amines is 1. The van der Waals surface area contributed by atoms with Crippen LogP contribution in [0.4, 0.5) is 18.3 Å². The molecule has 1 unspecified atom stereocenters. The lowest BCUT2D eigenvalue weighted by Gasteiger charge is -2.31. The van der Waals surface area contributed by atoms with E-state index >= 15 is 0 Å². The minimum absolute atomic E-state index is 0.126. The number of nitrogens with one attached hydrogen (secondary N) is 1.